The summed E-state index contributed by atoms with van der Waals surface area (Å²) < 4.78 is 0. The van der Waals surface area contributed by atoms with E-state index in [9.17, 15) is 9.90 Å². The van der Waals surface area contributed by atoms with E-state index in [2.05, 4.69) is 17.6 Å². The molecule has 0 aliphatic rings. The van der Waals surface area contributed by atoms with Crippen molar-refractivity contribution in [3.63, 3.8) is 0 Å². The van der Waals surface area contributed by atoms with Crippen LogP contribution in [0.25, 0.3) is 0 Å². The Labute approximate surface area is 92.0 Å². The molecule has 1 aromatic rings. The van der Waals surface area contributed by atoms with Crippen LogP contribution in [-0.4, -0.2) is 29.8 Å². The van der Waals surface area contributed by atoms with Crippen LogP contribution in [0.3, 0.4) is 0 Å². The number of aliphatic carboxylic acids is 1. The van der Waals surface area contributed by atoms with Crippen LogP contribution in [0.15, 0.2) is 11.6 Å². The van der Waals surface area contributed by atoms with Crippen LogP contribution >= 0.6 is 24.0 Å². The normalized spacial score (nSPS) is 12.4. The van der Waals surface area contributed by atoms with E-state index in [0.29, 0.717) is 17.3 Å². The van der Waals surface area contributed by atoms with Gasteiger partial charge >= 0.3 is 0 Å². The SMILES string of the molecule is CN(c1nccs1)[C@@H](CCS)C(=O)[O-]. The summed E-state index contributed by atoms with van der Waals surface area (Å²) in [6.07, 6.45) is 2.09. The first-order chi connectivity index (χ1) is 6.66. The number of carbonyl (C=O) groups excluding carboxylic acids is 1. The van der Waals surface area contributed by atoms with E-state index >= 15 is 0 Å². The van der Waals surface area contributed by atoms with Crippen LogP contribution in [-0.2, 0) is 4.79 Å². The van der Waals surface area contributed by atoms with E-state index in [-0.39, 0.29) is 0 Å². The van der Waals surface area contributed by atoms with E-state index in [0.717, 1.165) is 0 Å². The van der Waals surface area contributed by atoms with Gasteiger partial charge in [0.25, 0.3) is 0 Å². The molecule has 0 saturated heterocycles. The van der Waals surface area contributed by atoms with Crippen LogP contribution in [0.1, 0.15) is 6.42 Å². The van der Waals surface area contributed by atoms with Crippen LogP contribution in [0, 0.1) is 0 Å². The van der Waals surface area contributed by atoms with Gasteiger partial charge in [-0.15, -0.1) is 11.3 Å². The van der Waals surface area contributed by atoms with Crippen molar-refractivity contribution in [1.29, 1.82) is 0 Å². The Morgan fingerprint density at radius 3 is 3.00 bits per heavy atom. The lowest BCUT2D eigenvalue weighted by molar-refractivity contribution is -0.307. The third kappa shape index (κ3) is 2.62. The fourth-order valence-electron chi connectivity index (χ4n) is 1.12. The second-order valence-electron chi connectivity index (χ2n) is 2.77. The molecule has 0 N–H and O–H groups in total. The van der Waals surface area contributed by atoms with Crippen LogP contribution in [0.5, 0.6) is 0 Å². The predicted molar refractivity (Wildman–Crippen MR) is 57.8 cm³/mol. The molecule has 78 valence electrons. The molecule has 0 fully saturated rings. The third-order valence-electron chi connectivity index (χ3n) is 1.86. The summed E-state index contributed by atoms with van der Waals surface area (Å²) in [5.74, 6) is -0.578. The molecule has 0 aromatic carbocycles. The second kappa shape index (κ2) is 5.21. The summed E-state index contributed by atoms with van der Waals surface area (Å²) in [6.45, 7) is 0. The number of likely N-dealkylation sites (N-methyl/N-ethyl adjacent to an activating group) is 1. The standard InChI is InChI=1S/C8H12N2O2S2/c1-10(8-9-3-5-14-8)6(2-4-13)7(11)12/h3,5-6,13H,2,4H2,1H3,(H,11,12)/p-1/t6-/m0/s1. The smallest absolute Gasteiger partial charge is 0.185 e. The van der Waals surface area contributed by atoms with E-state index in [1.807, 2.05) is 0 Å². The summed E-state index contributed by atoms with van der Waals surface area (Å²) in [5.41, 5.74) is 0. The molecular formula is C8H11N2O2S2-. The Morgan fingerprint density at radius 2 is 2.57 bits per heavy atom. The molecule has 1 atom stereocenters. The van der Waals surface area contributed by atoms with E-state index in [1.54, 1.807) is 23.5 Å². The highest BCUT2D eigenvalue weighted by Crippen LogP contribution is 2.19. The molecule has 0 spiro atoms. The average molecular weight is 231 g/mol. The number of aromatic nitrogens is 1. The lowest BCUT2D eigenvalue weighted by Gasteiger charge is -2.27. The Kier molecular flexibility index (Phi) is 4.21. The van der Waals surface area contributed by atoms with Crippen molar-refractivity contribution in [2.24, 2.45) is 0 Å². The monoisotopic (exact) mass is 231 g/mol. The minimum absolute atomic E-state index is 0.446. The lowest BCUT2D eigenvalue weighted by Crippen LogP contribution is -2.46. The second-order valence-corrected chi connectivity index (χ2v) is 4.09. The number of hydrogen-bond donors (Lipinski definition) is 1. The number of thiol groups is 1. The molecule has 0 saturated carbocycles. The molecule has 1 heterocycles. The quantitative estimate of drug-likeness (QED) is 0.726. The number of carboxylic acids is 1. The molecule has 1 rings (SSSR count). The van der Waals surface area contributed by atoms with Gasteiger partial charge in [-0.25, -0.2) is 4.98 Å². The zero-order valence-corrected chi connectivity index (χ0v) is 9.42. The predicted octanol–water partition coefficient (Wildman–Crippen LogP) is 0.0177. The largest absolute Gasteiger partial charge is 0.548 e. The summed E-state index contributed by atoms with van der Waals surface area (Å²) in [5, 5.41) is 13.3. The van der Waals surface area contributed by atoms with Gasteiger partial charge in [0.15, 0.2) is 5.13 Å². The van der Waals surface area contributed by atoms with Crippen molar-refractivity contribution < 1.29 is 9.90 Å². The van der Waals surface area contributed by atoms with Crippen molar-refractivity contribution in [3.05, 3.63) is 11.6 Å². The van der Waals surface area contributed by atoms with E-state index in [4.69, 9.17) is 0 Å². The molecule has 0 radical (unpaired) electrons. The Bertz CT molecular complexity index is 290. The number of thiazole rings is 1. The maximum atomic E-state index is 10.8. The lowest BCUT2D eigenvalue weighted by atomic mass is 10.2. The molecule has 0 aliphatic carbocycles. The van der Waals surface area contributed by atoms with Crippen molar-refractivity contribution in [3.8, 4) is 0 Å². The topological polar surface area (TPSA) is 56.3 Å². The first kappa shape index (κ1) is 11.3. The summed E-state index contributed by atoms with van der Waals surface area (Å²) in [4.78, 5) is 16.5. The first-order valence-electron chi connectivity index (χ1n) is 4.11. The number of carboxylic acid groups (broad SMARTS) is 1. The maximum Gasteiger partial charge on any atom is 0.185 e. The van der Waals surface area contributed by atoms with Gasteiger partial charge in [0.05, 0.1) is 12.0 Å². The average Bonchev–Trinajstić information content (AvgIpc) is 2.65. The van der Waals surface area contributed by atoms with Gasteiger partial charge in [0.1, 0.15) is 0 Å². The minimum Gasteiger partial charge on any atom is -0.548 e. The zero-order chi connectivity index (χ0) is 10.6. The molecule has 4 nitrogen and oxygen atoms in total. The molecule has 6 heteroatoms. The van der Waals surface area contributed by atoms with Crippen LogP contribution in [0.4, 0.5) is 5.13 Å². The van der Waals surface area contributed by atoms with Gasteiger partial charge in [-0.1, -0.05) is 0 Å². The number of carbonyl (C=O) groups is 1. The van der Waals surface area contributed by atoms with Gasteiger partial charge < -0.3 is 14.8 Å². The number of hydrogen-bond acceptors (Lipinski definition) is 6. The van der Waals surface area contributed by atoms with Gasteiger partial charge in [-0.2, -0.15) is 12.6 Å². The summed E-state index contributed by atoms with van der Waals surface area (Å²) >= 11 is 5.41. The first-order valence-corrected chi connectivity index (χ1v) is 5.62. The van der Waals surface area contributed by atoms with Crippen molar-refractivity contribution in [2.75, 3.05) is 17.7 Å². The number of anilines is 1. The van der Waals surface area contributed by atoms with Crippen LogP contribution in [0.2, 0.25) is 0 Å². The molecule has 0 aliphatic heterocycles. The maximum absolute atomic E-state index is 10.8. The summed E-state index contributed by atoms with van der Waals surface area (Å²) in [7, 11) is 1.70. The Balaban J connectivity index is 2.73. The van der Waals surface area contributed by atoms with Gasteiger partial charge in [-0.05, 0) is 12.2 Å². The number of nitrogens with zero attached hydrogens (tertiary/aromatic N) is 2. The van der Waals surface area contributed by atoms with Crippen molar-refractivity contribution >= 4 is 35.1 Å². The molecule has 0 bridgehead atoms. The molecular weight excluding hydrogens is 220 g/mol. The molecule has 0 unspecified atom stereocenters. The molecule has 14 heavy (non-hydrogen) atoms. The highest BCUT2D eigenvalue weighted by Gasteiger charge is 2.17. The highest BCUT2D eigenvalue weighted by molar-refractivity contribution is 7.80. The number of rotatable bonds is 5. The van der Waals surface area contributed by atoms with E-state index < -0.39 is 12.0 Å². The van der Waals surface area contributed by atoms with E-state index in [1.165, 1.54) is 11.3 Å². The molecule has 1 aromatic heterocycles. The zero-order valence-electron chi connectivity index (χ0n) is 7.71. The van der Waals surface area contributed by atoms with Crippen molar-refractivity contribution in [1.82, 2.24) is 4.98 Å². The fourth-order valence-corrected chi connectivity index (χ4v) is 2.02. The Hall–Kier alpha value is -0.750. The summed E-state index contributed by atoms with van der Waals surface area (Å²) in [6, 6.07) is -0.654. The van der Waals surface area contributed by atoms with Crippen LogP contribution < -0.4 is 10.0 Å². The highest BCUT2D eigenvalue weighted by atomic mass is 32.1. The minimum atomic E-state index is -1.09. The molecule has 0 amide bonds. The Morgan fingerprint density at radius 1 is 1.86 bits per heavy atom. The van der Waals surface area contributed by atoms with Gasteiger partial charge in [0, 0.05) is 18.6 Å². The fraction of sp³-hybridized carbons (Fsp3) is 0.500. The van der Waals surface area contributed by atoms with Gasteiger partial charge in [-0.3, -0.25) is 0 Å². The third-order valence-corrected chi connectivity index (χ3v) is 2.98. The van der Waals surface area contributed by atoms with Crippen molar-refractivity contribution in [2.45, 2.75) is 12.5 Å². The van der Waals surface area contributed by atoms with Gasteiger partial charge in [0.2, 0.25) is 0 Å².